The standard InChI is InChI=1S/C65H117NO6/c1-5-9-13-17-21-25-27-29-31-33-35-37-41-43-47-51-55-60(59-63(69)70)65(64(71)72,58-54-50-46-42-38-36-34-32-30-28-26-22-18-14-10-6-2)66(61(67)56-52-48-44-39-23-19-15-11-7-3)62(68)57-53-49-45-40-24-20-16-12-8-4/h21-22,25-26,29-32,60H,5-20,23-24,27-28,33-59H2,1-4H3,(H,69,70)(H,71,72)/b25-21-,26-22-,31-29-,32-30-/t60?,65-/m0/s1. The van der Waals surface area contributed by atoms with Gasteiger partial charge in [-0.1, -0.05) is 269 Å². The Morgan fingerprint density at radius 1 is 0.375 bits per heavy atom. The molecular formula is C65H117NO6. The van der Waals surface area contributed by atoms with Gasteiger partial charge in [-0.3, -0.25) is 19.3 Å². The number of allylic oxidation sites excluding steroid dienone is 8. The van der Waals surface area contributed by atoms with Crippen LogP contribution in [-0.2, 0) is 19.2 Å². The molecule has 0 aliphatic rings. The Balaban J connectivity index is 6.10. The van der Waals surface area contributed by atoms with E-state index in [9.17, 15) is 29.4 Å². The number of amides is 2. The fourth-order valence-electron chi connectivity index (χ4n) is 10.3. The smallest absolute Gasteiger partial charge is 0.330 e. The molecule has 0 saturated heterocycles. The lowest BCUT2D eigenvalue weighted by atomic mass is 9.73. The van der Waals surface area contributed by atoms with Crippen molar-refractivity contribution in [1.82, 2.24) is 4.90 Å². The van der Waals surface area contributed by atoms with Crippen molar-refractivity contribution in [2.45, 2.75) is 335 Å². The Kier molecular flexibility index (Phi) is 50.7. The van der Waals surface area contributed by atoms with Gasteiger partial charge in [-0.05, 0) is 89.9 Å². The van der Waals surface area contributed by atoms with Crippen molar-refractivity contribution in [2.75, 3.05) is 0 Å². The third-order valence-corrected chi connectivity index (χ3v) is 14.9. The van der Waals surface area contributed by atoms with Crippen LogP contribution in [0.15, 0.2) is 48.6 Å². The average Bonchev–Trinajstić information content (AvgIpc) is 3.36. The van der Waals surface area contributed by atoms with Gasteiger partial charge in [-0.25, -0.2) is 4.79 Å². The van der Waals surface area contributed by atoms with Gasteiger partial charge < -0.3 is 10.2 Å². The Morgan fingerprint density at radius 3 is 1.01 bits per heavy atom. The number of imide groups is 1. The lowest BCUT2D eigenvalue weighted by molar-refractivity contribution is -0.174. The van der Waals surface area contributed by atoms with E-state index in [-0.39, 0.29) is 25.7 Å². The van der Waals surface area contributed by atoms with Gasteiger partial charge in [0.2, 0.25) is 11.8 Å². The maximum atomic E-state index is 14.7. The molecule has 1 unspecified atom stereocenters. The zero-order valence-electron chi connectivity index (χ0n) is 47.9. The van der Waals surface area contributed by atoms with E-state index in [0.717, 1.165) is 135 Å². The van der Waals surface area contributed by atoms with Gasteiger partial charge in [0.05, 0.1) is 6.42 Å². The molecule has 7 heteroatoms. The number of aliphatic carboxylic acids is 2. The summed E-state index contributed by atoms with van der Waals surface area (Å²) in [5.74, 6) is -3.99. The van der Waals surface area contributed by atoms with Crippen molar-refractivity contribution in [1.29, 1.82) is 0 Å². The first-order valence-electron chi connectivity index (χ1n) is 31.1. The van der Waals surface area contributed by atoms with E-state index in [1.54, 1.807) is 0 Å². The van der Waals surface area contributed by atoms with Crippen LogP contribution in [0, 0.1) is 5.92 Å². The Morgan fingerprint density at radius 2 is 0.667 bits per heavy atom. The minimum absolute atomic E-state index is 0.101. The molecule has 72 heavy (non-hydrogen) atoms. The summed E-state index contributed by atoms with van der Waals surface area (Å²) in [6, 6.07) is 0. The van der Waals surface area contributed by atoms with E-state index < -0.39 is 35.2 Å². The highest BCUT2D eigenvalue weighted by molar-refractivity contribution is 6.01. The van der Waals surface area contributed by atoms with Crippen molar-refractivity contribution in [3.8, 4) is 0 Å². The number of hydrogen-bond acceptors (Lipinski definition) is 4. The summed E-state index contributed by atoms with van der Waals surface area (Å²) < 4.78 is 0. The van der Waals surface area contributed by atoms with Crippen molar-refractivity contribution in [2.24, 2.45) is 5.92 Å². The first-order valence-corrected chi connectivity index (χ1v) is 31.1. The zero-order chi connectivity index (χ0) is 52.9. The van der Waals surface area contributed by atoms with Crippen LogP contribution in [0.1, 0.15) is 329 Å². The highest BCUT2D eigenvalue weighted by Gasteiger charge is 2.54. The molecule has 0 aromatic rings. The molecule has 0 fully saturated rings. The van der Waals surface area contributed by atoms with E-state index in [2.05, 4.69) is 76.3 Å². The van der Waals surface area contributed by atoms with Crippen molar-refractivity contribution < 1.29 is 29.4 Å². The van der Waals surface area contributed by atoms with Gasteiger partial charge in [0.25, 0.3) is 0 Å². The third kappa shape index (κ3) is 39.5. The topological polar surface area (TPSA) is 112 Å². The highest BCUT2D eigenvalue weighted by Crippen LogP contribution is 2.39. The SMILES string of the molecule is CCCCC/C=C\C/C=C\CCCCCCCCC(CC(=O)O)[C@@](CCCCCCCC/C=C\C/C=C\CCCCC)(C(=O)O)N(C(=O)CCCCCCCCCCC)C(=O)CCCCCCCCCCC. The molecule has 0 radical (unpaired) electrons. The van der Waals surface area contributed by atoms with Gasteiger partial charge >= 0.3 is 11.9 Å². The quantitative estimate of drug-likeness (QED) is 0.0464. The fraction of sp³-hybridized carbons (Fsp3) is 0.815. The number of nitrogens with zero attached hydrogens (tertiary/aromatic N) is 1. The maximum Gasteiger partial charge on any atom is 0.330 e. The first-order chi connectivity index (χ1) is 35.2. The number of carbonyl (C=O) groups is 4. The molecule has 0 aliphatic heterocycles. The van der Waals surface area contributed by atoms with Crippen molar-refractivity contribution >= 4 is 23.8 Å². The molecule has 7 nitrogen and oxygen atoms in total. The molecule has 0 heterocycles. The van der Waals surface area contributed by atoms with Crippen molar-refractivity contribution in [3.63, 3.8) is 0 Å². The molecule has 2 atom stereocenters. The number of unbranched alkanes of at least 4 members (excludes halogenated alkanes) is 34. The summed E-state index contributed by atoms with van der Waals surface area (Å²) in [5, 5.41) is 22.0. The maximum absolute atomic E-state index is 14.7. The summed E-state index contributed by atoms with van der Waals surface area (Å²) in [6.07, 6.45) is 63.4. The summed E-state index contributed by atoms with van der Waals surface area (Å²) in [4.78, 5) is 57.4. The number of carboxylic acid groups (broad SMARTS) is 2. The lowest BCUT2D eigenvalue weighted by Gasteiger charge is -2.45. The van der Waals surface area contributed by atoms with E-state index in [1.807, 2.05) is 0 Å². The number of carbonyl (C=O) groups excluding carboxylic acids is 2. The minimum Gasteiger partial charge on any atom is -0.481 e. The predicted molar refractivity (Wildman–Crippen MR) is 310 cm³/mol. The zero-order valence-corrected chi connectivity index (χ0v) is 47.9. The number of hydrogen-bond donors (Lipinski definition) is 2. The monoisotopic (exact) mass is 1010 g/mol. The molecule has 0 spiro atoms. The predicted octanol–water partition coefficient (Wildman–Crippen LogP) is 20.5. The van der Waals surface area contributed by atoms with Gasteiger partial charge in [-0.15, -0.1) is 0 Å². The molecule has 2 amide bonds. The third-order valence-electron chi connectivity index (χ3n) is 14.9. The largest absolute Gasteiger partial charge is 0.481 e. The molecular weight excluding hydrogens is 891 g/mol. The lowest BCUT2D eigenvalue weighted by Crippen LogP contribution is -2.63. The summed E-state index contributed by atoms with van der Waals surface area (Å²) >= 11 is 0. The van der Waals surface area contributed by atoms with Gasteiger partial charge in [0, 0.05) is 18.8 Å². The van der Waals surface area contributed by atoms with Crippen LogP contribution in [-0.4, -0.2) is 44.4 Å². The van der Waals surface area contributed by atoms with Crippen LogP contribution in [0.4, 0.5) is 0 Å². The van der Waals surface area contributed by atoms with Crippen molar-refractivity contribution in [3.05, 3.63) is 48.6 Å². The van der Waals surface area contributed by atoms with Gasteiger partial charge in [0.1, 0.15) is 0 Å². The van der Waals surface area contributed by atoms with Crippen LogP contribution in [0.2, 0.25) is 0 Å². The van der Waals surface area contributed by atoms with Crippen LogP contribution in [0.25, 0.3) is 0 Å². The molecule has 0 aromatic carbocycles. The Bertz CT molecular complexity index is 1350. The average molecular weight is 1010 g/mol. The highest BCUT2D eigenvalue weighted by atomic mass is 16.4. The Labute approximate surface area is 445 Å². The number of rotatable bonds is 55. The normalized spacial score (nSPS) is 13.3. The second-order valence-electron chi connectivity index (χ2n) is 21.5. The second kappa shape index (κ2) is 52.9. The fourth-order valence-corrected chi connectivity index (χ4v) is 10.3. The molecule has 0 rings (SSSR count). The van der Waals surface area contributed by atoms with Crippen LogP contribution in [0.5, 0.6) is 0 Å². The van der Waals surface area contributed by atoms with E-state index in [0.29, 0.717) is 32.1 Å². The second-order valence-corrected chi connectivity index (χ2v) is 21.5. The van der Waals surface area contributed by atoms with Gasteiger partial charge in [-0.2, -0.15) is 0 Å². The van der Waals surface area contributed by atoms with Crippen LogP contribution >= 0.6 is 0 Å². The summed E-state index contributed by atoms with van der Waals surface area (Å²) in [6.45, 7) is 8.91. The minimum atomic E-state index is -1.89. The molecule has 0 aliphatic carbocycles. The van der Waals surface area contributed by atoms with E-state index in [4.69, 9.17) is 0 Å². The number of carboxylic acids is 2. The Hall–Kier alpha value is -2.96. The molecule has 0 bridgehead atoms. The van der Waals surface area contributed by atoms with Crippen LogP contribution in [0.3, 0.4) is 0 Å². The summed E-state index contributed by atoms with van der Waals surface area (Å²) in [5.41, 5.74) is -1.89. The molecule has 0 saturated carbocycles. The van der Waals surface area contributed by atoms with E-state index >= 15 is 0 Å². The van der Waals surface area contributed by atoms with Gasteiger partial charge in [0.15, 0.2) is 5.54 Å². The first kappa shape index (κ1) is 69.0. The van der Waals surface area contributed by atoms with Crippen LogP contribution < -0.4 is 0 Å². The molecule has 2 N–H and O–H groups in total. The molecule has 418 valence electrons. The molecule has 0 aromatic heterocycles. The van der Waals surface area contributed by atoms with E-state index in [1.165, 1.54) is 114 Å². The summed E-state index contributed by atoms with van der Waals surface area (Å²) in [7, 11) is 0.